The van der Waals surface area contributed by atoms with Crippen molar-refractivity contribution in [3.8, 4) is 11.3 Å². The van der Waals surface area contributed by atoms with Gasteiger partial charge in [-0.15, -0.1) is 0 Å². The molecule has 2 aromatic heterocycles. The number of nitrogens with one attached hydrogen (secondary N) is 1. The summed E-state index contributed by atoms with van der Waals surface area (Å²) in [6.45, 7) is 8.00. The summed E-state index contributed by atoms with van der Waals surface area (Å²) in [6, 6.07) is 18.2. The summed E-state index contributed by atoms with van der Waals surface area (Å²) in [5.74, 6) is 1.25. The van der Waals surface area contributed by atoms with Crippen LogP contribution in [0.4, 0.5) is 5.95 Å². The van der Waals surface area contributed by atoms with Gasteiger partial charge >= 0.3 is 0 Å². The Morgan fingerprint density at radius 1 is 0.786 bits per heavy atom. The summed E-state index contributed by atoms with van der Waals surface area (Å²) >= 11 is 0. The topological polar surface area (TPSA) is 63.3 Å². The SMILES string of the molecule is Cc1ccc(-c2cc(=NNc3nc(C)cc(C)n3)c3ccc(C)cc3o2)cc1. The standard InChI is InChI=1S/C23H22N4O/c1-14-5-8-18(9-6-14)21-13-20(19-10-7-15(2)11-22(19)28-21)26-27-23-24-16(3)12-17(4)25-23/h5-13H,1-4H3,(H,24,25,27). The van der Waals surface area contributed by atoms with E-state index in [4.69, 9.17) is 4.42 Å². The van der Waals surface area contributed by atoms with Crippen molar-refractivity contribution >= 4 is 16.9 Å². The third-order valence-electron chi connectivity index (χ3n) is 4.50. The maximum Gasteiger partial charge on any atom is 0.243 e. The molecule has 2 heterocycles. The van der Waals surface area contributed by atoms with Crippen molar-refractivity contribution in [1.29, 1.82) is 0 Å². The van der Waals surface area contributed by atoms with Gasteiger partial charge in [0.2, 0.25) is 5.95 Å². The van der Waals surface area contributed by atoms with Crippen LogP contribution in [0.15, 0.2) is 64.1 Å². The summed E-state index contributed by atoms with van der Waals surface area (Å²) in [5.41, 5.74) is 8.93. The second-order valence-electron chi connectivity index (χ2n) is 7.06. The van der Waals surface area contributed by atoms with Gasteiger partial charge < -0.3 is 4.42 Å². The van der Waals surface area contributed by atoms with Gasteiger partial charge in [0, 0.05) is 28.4 Å². The van der Waals surface area contributed by atoms with E-state index in [9.17, 15) is 0 Å². The molecule has 0 saturated heterocycles. The van der Waals surface area contributed by atoms with Gasteiger partial charge in [0.25, 0.3) is 0 Å². The first-order valence-electron chi connectivity index (χ1n) is 9.21. The molecule has 0 atom stereocenters. The average molecular weight is 370 g/mol. The van der Waals surface area contributed by atoms with E-state index in [1.54, 1.807) is 0 Å². The summed E-state index contributed by atoms with van der Waals surface area (Å²) < 4.78 is 6.18. The van der Waals surface area contributed by atoms with E-state index in [-0.39, 0.29) is 0 Å². The molecule has 0 aliphatic carbocycles. The molecular weight excluding hydrogens is 348 g/mol. The van der Waals surface area contributed by atoms with Gasteiger partial charge in [-0.2, -0.15) is 5.10 Å². The highest BCUT2D eigenvalue weighted by molar-refractivity contribution is 5.79. The number of aromatic nitrogens is 2. The fraction of sp³-hybridized carbons (Fsp3) is 0.174. The van der Waals surface area contributed by atoms with Crippen molar-refractivity contribution in [3.63, 3.8) is 0 Å². The van der Waals surface area contributed by atoms with Crippen LogP contribution in [0.5, 0.6) is 0 Å². The predicted molar refractivity (Wildman–Crippen MR) is 112 cm³/mol. The maximum absolute atomic E-state index is 6.18. The Bertz CT molecular complexity index is 1200. The monoisotopic (exact) mass is 370 g/mol. The Kier molecular flexibility index (Phi) is 4.65. The van der Waals surface area contributed by atoms with Gasteiger partial charge in [0.1, 0.15) is 11.3 Å². The number of hydrogen-bond acceptors (Lipinski definition) is 5. The van der Waals surface area contributed by atoms with E-state index in [0.717, 1.165) is 44.6 Å². The first-order valence-corrected chi connectivity index (χ1v) is 9.21. The van der Waals surface area contributed by atoms with Gasteiger partial charge in [0.15, 0.2) is 0 Å². The predicted octanol–water partition coefficient (Wildman–Crippen LogP) is 5.05. The van der Waals surface area contributed by atoms with Crippen molar-refractivity contribution in [2.24, 2.45) is 5.10 Å². The molecule has 0 fully saturated rings. The van der Waals surface area contributed by atoms with Crippen molar-refractivity contribution < 1.29 is 4.42 Å². The van der Waals surface area contributed by atoms with Crippen LogP contribution < -0.4 is 10.8 Å². The fourth-order valence-electron chi connectivity index (χ4n) is 3.11. The van der Waals surface area contributed by atoms with Crippen LogP contribution in [0.1, 0.15) is 22.5 Å². The molecule has 140 valence electrons. The summed E-state index contributed by atoms with van der Waals surface area (Å²) in [4.78, 5) is 8.79. The molecule has 1 N–H and O–H groups in total. The van der Waals surface area contributed by atoms with Gasteiger partial charge in [-0.25, -0.2) is 15.4 Å². The lowest BCUT2D eigenvalue weighted by molar-refractivity contribution is 0.618. The van der Waals surface area contributed by atoms with E-state index in [0.29, 0.717) is 5.95 Å². The van der Waals surface area contributed by atoms with Crippen LogP contribution >= 0.6 is 0 Å². The molecule has 0 amide bonds. The molecule has 0 spiro atoms. The molecule has 0 bridgehead atoms. The molecule has 28 heavy (non-hydrogen) atoms. The van der Waals surface area contributed by atoms with E-state index in [1.807, 2.05) is 45.0 Å². The lowest BCUT2D eigenvalue weighted by Crippen LogP contribution is -2.09. The molecule has 0 aliphatic heterocycles. The van der Waals surface area contributed by atoms with Crippen molar-refractivity contribution in [1.82, 2.24) is 9.97 Å². The zero-order chi connectivity index (χ0) is 19.7. The number of benzene rings is 2. The average Bonchev–Trinajstić information content (AvgIpc) is 2.65. The molecule has 4 aromatic rings. The summed E-state index contributed by atoms with van der Waals surface area (Å²) in [5, 5.41) is 6.29. The highest BCUT2D eigenvalue weighted by Gasteiger charge is 2.07. The van der Waals surface area contributed by atoms with Crippen LogP contribution in [0.2, 0.25) is 0 Å². The molecule has 0 aliphatic rings. The van der Waals surface area contributed by atoms with Crippen LogP contribution in [0.25, 0.3) is 22.3 Å². The Morgan fingerprint density at radius 3 is 2.18 bits per heavy atom. The van der Waals surface area contributed by atoms with Crippen molar-refractivity contribution in [2.45, 2.75) is 27.7 Å². The highest BCUT2D eigenvalue weighted by atomic mass is 16.3. The van der Waals surface area contributed by atoms with Crippen LogP contribution in [-0.4, -0.2) is 9.97 Å². The Morgan fingerprint density at radius 2 is 1.46 bits per heavy atom. The van der Waals surface area contributed by atoms with Crippen molar-refractivity contribution in [2.75, 3.05) is 5.43 Å². The quantitative estimate of drug-likeness (QED) is 0.513. The van der Waals surface area contributed by atoms with Gasteiger partial charge in [-0.3, -0.25) is 0 Å². The molecule has 2 aromatic carbocycles. The molecule has 0 unspecified atom stereocenters. The normalized spacial score (nSPS) is 11.8. The first kappa shape index (κ1) is 17.9. The van der Waals surface area contributed by atoms with Gasteiger partial charge in [-0.1, -0.05) is 35.9 Å². The zero-order valence-corrected chi connectivity index (χ0v) is 16.4. The minimum atomic E-state index is 0.482. The van der Waals surface area contributed by atoms with Crippen molar-refractivity contribution in [3.05, 3.63) is 82.5 Å². The number of fused-ring (bicyclic) bond motifs is 1. The molecule has 4 rings (SSSR count). The van der Waals surface area contributed by atoms with Crippen LogP contribution in [0.3, 0.4) is 0 Å². The van der Waals surface area contributed by atoms with E-state index in [2.05, 4.69) is 57.8 Å². The number of rotatable bonds is 3. The minimum absolute atomic E-state index is 0.482. The van der Waals surface area contributed by atoms with E-state index in [1.165, 1.54) is 5.56 Å². The highest BCUT2D eigenvalue weighted by Crippen LogP contribution is 2.23. The third kappa shape index (κ3) is 3.78. The lowest BCUT2D eigenvalue weighted by atomic mass is 10.1. The third-order valence-corrected chi connectivity index (χ3v) is 4.50. The second-order valence-corrected chi connectivity index (χ2v) is 7.06. The fourth-order valence-corrected chi connectivity index (χ4v) is 3.11. The Hall–Kier alpha value is -3.47. The van der Waals surface area contributed by atoms with Gasteiger partial charge in [-0.05, 0) is 51.5 Å². The number of nitrogens with zero attached hydrogens (tertiary/aromatic N) is 3. The molecule has 5 heteroatoms. The van der Waals surface area contributed by atoms with Crippen LogP contribution in [-0.2, 0) is 0 Å². The van der Waals surface area contributed by atoms with E-state index < -0.39 is 0 Å². The Labute approximate surface area is 163 Å². The molecule has 5 nitrogen and oxygen atoms in total. The Balaban J connectivity index is 1.86. The number of aryl methyl sites for hydroxylation is 4. The summed E-state index contributed by atoms with van der Waals surface area (Å²) in [7, 11) is 0. The second kappa shape index (κ2) is 7.27. The number of hydrogen-bond donors (Lipinski definition) is 1. The largest absolute Gasteiger partial charge is 0.456 e. The minimum Gasteiger partial charge on any atom is -0.456 e. The first-order chi connectivity index (χ1) is 13.5. The maximum atomic E-state index is 6.18. The smallest absolute Gasteiger partial charge is 0.243 e. The van der Waals surface area contributed by atoms with Crippen LogP contribution in [0, 0.1) is 27.7 Å². The molecular formula is C23H22N4O. The van der Waals surface area contributed by atoms with E-state index >= 15 is 0 Å². The molecule has 0 radical (unpaired) electrons. The zero-order valence-electron chi connectivity index (χ0n) is 16.4. The molecule has 0 saturated carbocycles. The number of anilines is 1. The lowest BCUT2D eigenvalue weighted by Gasteiger charge is -2.07. The summed E-state index contributed by atoms with van der Waals surface area (Å²) in [6.07, 6.45) is 0. The van der Waals surface area contributed by atoms with Gasteiger partial charge in [0.05, 0.1) is 5.36 Å².